The van der Waals surface area contributed by atoms with Gasteiger partial charge in [0.1, 0.15) is 12.7 Å². The summed E-state index contributed by atoms with van der Waals surface area (Å²) in [6.45, 7) is 20.9. The highest BCUT2D eigenvalue weighted by Gasteiger charge is 2.57. The van der Waals surface area contributed by atoms with Crippen LogP contribution in [0.2, 0.25) is 0 Å². The van der Waals surface area contributed by atoms with Crippen LogP contribution in [0.15, 0.2) is 24.5 Å². The lowest BCUT2D eigenvalue weighted by atomic mass is 9.92. The van der Waals surface area contributed by atoms with Crippen LogP contribution in [0, 0.1) is 21.7 Å². The molecule has 11 nitrogen and oxygen atoms in total. The Bertz CT molecular complexity index is 1240. The molecule has 0 radical (unpaired) electrons. The molecule has 2 aliphatic heterocycles. The summed E-state index contributed by atoms with van der Waals surface area (Å²) in [5.41, 5.74) is -2.64. The van der Waals surface area contributed by atoms with Gasteiger partial charge in [-0.25, -0.2) is 0 Å². The van der Waals surface area contributed by atoms with Gasteiger partial charge in [-0.15, -0.1) is 0 Å². The summed E-state index contributed by atoms with van der Waals surface area (Å²) in [7, 11) is 0. The molecule has 46 heavy (non-hydrogen) atoms. The van der Waals surface area contributed by atoms with E-state index in [0.29, 0.717) is 6.54 Å². The van der Waals surface area contributed by atoms with Gasteiger partial charge in [-0.2, -0.15) is 0 Å². The van der Waals surface area contributed by atoms with E-state index in [1.165, 1.54) is 0 Å². The van der Waals surface area contributed by atoms with E-state index in [4.69, 9.17) is 23.7 Å². The molecule has 0 spiro atoms. The molecular weight excluding hydrogens is 592 g/mol. The fourth-order valence-corrected chi connectivity index (χ4v) is 5.00. The van der Waals surface area contributed by atoms with Crippen LogP contribution >= 0.6 is 0 Å². The van der Waals surface area contributed by atoms with E-state index in [2.05, 4.69) is 9.88 Å². The highest BCUT2D eigenvalue weighted by atomic mass is 16.7. The molecule has 11 heteroatoms. The van der Waals surface area contributed by atoms with Crippen molar-refractivity contribution >= 4 is 23.9 Å². The van der Waals surface area contributed by atoms with Gasteiger partial charge in [0, 0.05) is 25.0 Å². The molecule has 0 amide bonds. The lowest BCUT2D eigenvalue weighted by molar-refractivity contribution is -0.286. The van der Waals surface area contributed by atoms with Crippen molar-refractivity contribution in [1.29, 1.82) is 0 Å². The Morgan fingerprint density at radius 1 is 0.761 bits per heavy atom. The molecule has 2 aliphatic rings. The summed E-state index contributed by atoms with van der Waals surface area (Å²) in [5, 5.41) is 0. The molecule has 6 atom stereocenters. The summed E-state index contributed by atoms with van der Waals surface area (Å²) in [5.74, 6) is -2.19. The zero-order chi connectivity index (χ0) is 34.8. The number of hydrogen-bond acceptors (Lipinski definition) is 11. The van der Waals surface area contributed by atoms with Crippen molar-refractivity contribution in [2.75, 3.05) is 13.2 Å². The van der Waals surface area contributed by atoms with Gasteiger partial charge in [-0.3, -0.25) is 29.1 Å². The second kappa shape index (κ2) is 14.0. The van der Waals surface area contributed by atoms with Gasteiger partial charge in [0.2, 0.25) is 0 Å². The Hall–Kier alpha value is -3.05. The fraction of sp³-hybridized carbons (Fsp3) is 0.743. The molecule has 1 aromatic heterocycles. The van der Waals surface area contributed by atoms with Crippen LogP contribution in [0.5, 0.6) is 0 Å². The first-order chi connectivity index (χ1) is 21.0. The van der Waals surface area contributed by atoms with Gasteiger partial charge in [0.25, 0.3) is 0 Å². The molecule has 2 saturated heterocycles. The summed E-state index contributed by atoms with van der Waals surface area (Å²) in [6.07, 6.45) is -0.653. The number of carbonyl (C=O) groups is 4. The minimum absolute atomic E-state index is 0.153. The molecule has 2 fully saturated rings. The minimum Gasteiger partial charge on any atom is -0.462 e. The quantitative estimate of drug-likeness (QED) is 0.279. The smallest absolute Gasteiger partial charge is 0.311 e. The third kappa shape index (κ3) is 9.27. The van der Waals surface area contributed by atoms with Crippen molar-refractivity contribution in [2.45, 2.75) is 133 Å². The van der Waals surface area contributed by atoms with Crippen LogP contribution in [0.4, 0.5) is 0 Å². The summed E-state index contributed by atoms with van der Waals surface area (Å²) < 4.78 is 30.9. The van der Waals surface area contributed by atoms with Gasteiger partial charge in [0.15, 0.2) is 24.5 Å². The van der Waals surface area contributed by atoms with Gasteiger partial charge < -0.3 is 23.7 Å². The van der Waals surface area contributed by atoms with Crippen molar-refractivity contribution in [3.8, 4) is 0 Å². The molecular formula is C35H54N2O9. The van der Waals surface area contributed by atoms with E-state index in [-0.39, 0.29) is 12.6 Å². The molecule has 0 aliphatic carbocycles. The molecule has 3 heterocycles. The van der Waals surface area contributed by atoms with Crippen LogP contribution in [-0.2, 0) is 42.9 Å². The average molecular weight is 647 g/mol. The SMILES string of the molecule is CC(C)(C)C(=O)OC[C@H]1O[C@@H](N2CCC[C@H]2c2cccnc2)[C@H](OC(=O)C(C)(C)C)[C@@H](OC(=O)C(C)(C)C)[C@H]1OC(=O)C(C)(C)C. The maximum atomic E-state index is 13.6. The first-order valence-electron chi connectivity index (χ1n) is 16.1. The molecule has 258 valence electrons. The van der Waals surface area contributed by atoms with Crippen molar-refractivity contribution in [3.63, 3.8) is 0 Å². The number of carbonyl (C=O) groups excluding carboxylic acids is 4. The molecule has 0 unspecified atom stereocenters. The lowest BCUT2D eigenvalue weighted by Crippen LogP contribution is -2.67. The van der Waals surface area contributed by atoms with Gasteiger partial charge in [-0.1, -0.05) is 6.07 Å². The zero-order valence-electron chi connectivity index (χ0n) is 29.7. The van der Waals surface area contributed by atoms with Gasteiger partial charge in [0.05, 0.1) is 21.7 Å². The third-order valence-electron chi connectivity index (χ3n) is 7.86. The first kappa shape index (κ1) is 37.4. The highest BCUT2D eigenvalue weighted by Crippen LogP contribution is 2.41. The Kier molecular flexibility index (Phi) is 11.4. The molecule has 3 rings (SSSR count). The van der Waals surface area contributed by atoms with E-state index in [9.17, 15) is 19.2 Å². The largest absolute Gasteiger partial charge is 0.462 e. The van der Waals surface area contributed by atoms with E-state index in [0.717, 1.165) is 18.4 Å². The Balaban J connectivity index is 2.20. The number of aromatic nitrogens is 1. The van der Waals surface area contributed by atoms with E-state index < -0.39 is 76.2 Å². The molecule has 1 aromatic rings. The Morgan fingerprint density at radius 2 is 1.26 bits per heavy atom. The van der Waals surface area contributed by atoms with Gasteiger partial charge >= 0.3 is 23.9 Å². The summed E-state index contributed by atoms with van der Waals surface area (Å²) >= 11 is 0. The fourth-order valence-electron chi connectivity index (χ4n) is 5.00. The Labute approximate surface area is 274 Å². The van der Waals surface area contributed by atoms with E-state index in [1.54, 1.807) is 95.5 Å². The zero-order valence-corrected chi connectivity index (χ0v) is 29.7. The van der Waals surface area contributed by atoms with Crippen LogP contribution in [-0.4, -0.2) is 77.6 Å². The number of pyridine rings is 1. The monoisotopic (exact) mass is 646 g/mol. The average Bonchev–Trinajstić information content (AvgIpc) is 3.42. The van der Waals surface area contributed by atoms with Crippen LogP contribution in [0.3, 0.4) is 0 Å². The highest BCUT2D eigenvalue weighted by molar-refractivity contribution is 5.78. The number of hydrogen-bond donors (Lipinski definition) is 0. The predicted molar refractivity (Wildman–Crippen MR) is 170 cm³/mol. The normalized spacial score (nSPS) is 26.3. The van der Waals surface area contributed by atoms with Crippen LogP contribution < -0.4 is 0 Å². The predicted octanol–water partition coefficient (Wildman–Crippen LogP) is 5.41. The standard InChI is InChI=1S/C35H54N2O9/c1-32(2,3)28(38)42-20-23-24(44-29(39)33(4,5)6)25(45-30(40)34(7,8)9)26(46-31(41)35(10,11)12)27(43-23)37-18-14-16-22(37)21-15-13-17-36-19-21/h13,15,17,19,22-27H,14,16,18,20H2,1-12H3/t22-,23+,24-,25-,26+,27+/m0/s1. The molecule has 0 N–H and O–H groups in total. The second-order valence-electron chi connectivity index (χ2n) is 16.5. The number of rotatable bonds is 7. The molecule has 0 aromatic carbocycles. The first-order valence-corrected chi connectivity index (χ1v) is 16.1. The number of esters is 4. The maximum absolute atomic E-state index is 13.6. The van der Waals surface area contributed by atoms with Crippen molar-refractivity contribution < 1.29 is 42.9 Å². The lowest BCUT2D eigenvalue weighted by Gasteiger charge is -2.49. The van der Waals surface area contributed by atoms with E-state index in [1.807, 2.05) is 12.1 Å². The third-order valence-corrected chi connectivity index (χ3v) is 7.86. The van der Waals surface area contributed by atoms with Crippen molar-refractivity contribution in [3.05, 3.63) is 30.1 Å². The van der Waals surface area contributed by atoms with Gasteiger partial charge in [-0.05, 0) is 108 Å². The number of ether oxygens (including phenoxy) is 5. The molecule has 0 bridgehead atoms. The van der Waals surface area contributed by atoms with Crippen LogP contribution in [0.1, 0.15) is 108 Å². The Morgan fingerprint density at radius 3 is 1.74 bits per heavy atom. The topological polar surface area (TPSA) is 131 Å². The maximum Gasteiger partial charge on any atom is 0.311 e. The number of nitrogens with zero attached hydrogens (tertiary/aromatic N) is 2. The van der Waals surface area contributed by atoms with Crippen molar-refractivity contribution in [1.82, 2.24) is 9.88 Å². The minimum atomic E-state index is -1.28. The van der Waals surface area contributed by atoms with E-state index >= 15 is 0 Å². The summed E-state index contributed by atoms with van der Waals surface area (Å²) in [4.78, 5) is 59.8. The number of likely N-dealkylation sites (tertiary alicyclic amines) is 1. The second-order valence-corrected chi connectivity index (χ2v) is 16.5. The van der Waals surface area contributed by atoms with Crippen LogP contribution in [0.25, 0.3) is 0 Å². The summed E-state index contributed by atoms with van der Waals surface area (Å²) in [6, 6.07) is 3.68. The van der Waals surface area contributed by atoms with Crippen molar-refractivity contribution in [2.24, 2.45) is 21.7 Å². The molecule has 0 saturated carbocycles.